The molecular formula is C12H20N4O3S2. The Morgan fingerprint density at radius 3 is 2.48 bits per heavy atom. The van der Waals surface area contributed by atoms with Crippen molar-refractivity contribution in [1.82, 2.24) is 9.21 Å². The van der Waals surface area contributed by atoms with Crippen LogP contribution in [0, 0.1) is 0 Å². The van der Waals surface area contributed by atoms with Gasteiger partial charge >= 0.3 is 0 Å². The zero-order chi connectivity index (χ0) is 15.7. The molecule has 3 N–H and O–H groups in total. The van der Waals surface area contributed by atoms with Crippen LogP contribution in [0.2, 0.25) is 0 Å². The third-order valence-corrected chi connectivity index (χ3v) is 7.12. The summed E-state index contributed by atoms with van der Waals surface area (Å²) in [5.41, 5.74) is 5.10. The van der Waals surface area contributed by atoms with Crippen molar-refractivity contribution in [1.29, 1.82) is 0 Å². The van der Waals surface area contributed by atoms with E-state index in [1.165, 1.54) is 15.6 Å². The molecule has 1 aliphatic heterocycles. The number of nitrogens with two attached hydrogens (primary N) is 1. The Kier molecular flexibility index (Phi) is 4.57. The topological polar surface area (TPSA) is 99.2 Å². The van der Waals surface area contributed by atoms with Gasteiger partial charge in [-0.25, -0.2) is 8.42 Å². The summed E-state index contributed by atoms with van der Waals surface area (Å²) in [6.07, 6.45) is 0. The van der Waals surface area contributed by atoms with E-state index in [-0.39, 0.29) is 5.84 Å². The molecule has 1 aliphatic rings. The highest BCUT2D eigenvalue weighted by Crippen LogP contribution is 2.24. The molecule has 0 aliphatic carbocycles. The highest BCUT2D eigenvalue weighted by Gasteiger charge is 2.37. The molecule has 0 unspecified atom stereocenters. The van der Waals surface area contributed by atoms with Crippen molar-refractivity contribution in [2.24, 2.45) is 10.9 Å². The third-order valence-electron chi connectivity index (χ3n) is 3.85. The van der Waals surface area contributed by atoms with Crippen molar-refractivity contribution in [3.63, 3.8) is 0 Å². The lowest BCUT2D eigenvalue weighted by Gasteiger charge is -2.42. The van der Waals surface area contributed by atoms with Gasteiger partial charge in [0.05, 0.1) is 5.54 Å². The number of oxime groups is 1. The Labute approximate surface area is 128 Å². The van der Waals surface area contributed by atoms with Crippen molar-refractivity contribution in [3.8, 4) is 0 Å². The summed E-state index contributed by atoms with van der Waals surface area (Å²) in [5, 5.41) is 13.7. The zero-order valence-corrected chi connectivity index (χ0v) is 13.7. The molecular weight excluding hydrogens is 312 g/mol. The second-order valence-electron chi connectivity index (χ2n) is 5.37. The summed E-state index contributed by atoms with van der Waals surface area (Å²) in [6, 6.07) is 3.35. The van der Waals surface area contributed by atoms with Crippen molar-refractivity contribution in [2.75, 3.05) is 26.2 Å². The van der Waals surface area contributed by atoms with E-state index < -0.39 is 15.6 Å². The van der Waals surface area contributed by atoms with E-state index in [4.69, 9.17) is 10.9 Å². The van der Waals surface area contributed by atoms with Gasteiger partial charge in [0.2, 0.25) is 0 Å². The minimum atomic E-state index is -3.40. The lowest BCUT2D eigenvalue weighted by molar-refractivity contribution is 0.119. The van der Waals surface area contributed by atoms with Gasteiger partial charge in [-0.05, 0) is 25.3 Å². The van der Waals surface area contributed by atoms with Crippen LogP contribution in [0.25, 0.3) is 0 Å². The highest BCUT2D eigenvalue weighted by molar-refractivity contribution is 7.91. The first kappa shape index (κ1) is 16.2. The Bertz CT molecular complexity index is 602. The highest BCUT2D eigenvalue weighted by atomic mass is 32.2. The molecule has 1 aromatic rings. The summed E-state index contributed by atoms with van der Waals surface area (Å²) in [7, 11) is -3.40. The van der Waals surface area contributed by atoms with Crippen LogP contribution in [0.1, 0.15) is 13.8 Å². The second kappa shape index (κ2) is 5.91. The van der Waals surface area contributed by atoms with Crippen molar-refractivity contribution >= 4 is 27.2 Å². The first-order valence-electron chi connectivity index (χ1n) is 6.57. The van der Waals surface area contributed by atoms with E-state index in [9.17, 15) is 8.42 Å². The van der Waals surface area contributed by atoms with Gasteiger partial charge in [-0.1, -0.05) is 11.2 Å². The van der Waals surface area contributed by atoms with E-state index in [0.29, 0.717) is 30.4 Å². The Balaban J connectivity index is 2.08. The van der Waals surface area contributed by atoms with Crippen LogP contribution in [0.4, 0.5) is 0 Å². The SMILES string of the molecule is CC(C)(C(N)=NO)N1CCN(S(=O)(=O)c2cccs2)CC1. The normalized spacial score (nSPS) is 19.8. The number of rotatable bonds is 4. The van der Waals surface area contributed by atoms with Crippen molar-refractivity contribution in [3.05, 3.63) is 17.5 Å². The van der Waals surface area contributed by atoms with E-state index in [0.717, 1.165) is 0 Å². The van der Waals surface area contributed by atoms with E-state index in [1.807, 2.05) is 18.7 Å². The average molecular weight is 332 g/mol. The molecule has 0 radical (unpaired) electrons. The molecule has 1 aromatic heterocycles. The molecule has 0 bridgehead atoms. The zero-order valence-electron chi connectivity index (χ0n) is 12.1. The van der Waals surface area contributed by atoms with Gasteiger partial charge in [0, 0.05) is 26.2 Å². The molecule has 2 rings (SSSR count). The smallest absolute Gasteiger partial charge is 0.252 e. The van der Waals surface area contributed by atoms with Gasteiger partial charge in [0.1, 0.15) is 4.21 Å². The quantitative estimate of drug-likeness (QED) is 0.364. The molecule has 0 spiro atoms. The lowest BCUT2D eigenvalue weighted by atomic mass is 10.0. The molecule has 0 amide bonds. The number of hydrogen-bond donors (Lipinski definition) is 2. The molecule has 1 fully saturated rings. The first-order chi connectivity index (χ1) is 9.80. The van der Waals surface area contributed by atoms with Gasteiger partial charge in [-0.3, -0.25) is 4.90 Å². The maximum absolute atomic E-state index is 12.4. The van der Waals surface area contributed by atoms with Crippen molar-refractivity contribution in [2.45, 2.75) is 23.6 Å². The van der Waals surface area contributed by atoms with Gasteiger partial charge in [0.25, 0.3) is 10.0 Å². The molecule has 21 heavy (non-hydrogen) atoms. The van der Waals surface area contributed by atoms with E-state index in [2.05, 4.69) is 5.16 Å². The van der Waals surface area contributed by atoms with E-state index >= 15 is 0 Å². The fourth-order valence-corrected chi connectivity index (χ4v) is 4.88. The number of sulfonamides is 1. The van der Waals surface area contributed by atoms with Crippen LogP contribution in [0.5, 0.6) is 0 Å². The largest absolute Gasteiger partial charge is 0.409 e. The number of amidine groups is 1. The fraction of sp³-hybridized carbons (Fsp3) is 0.583. The van der Waals surface area contributed by atoms with E-state index in [1.54, 1.807) is 17.5 Å². The predicted molar refractivity (Wildman–Crippen MR) is 82.1 cm³/mol. The summed E-state index contributed by atoms with van der Waals surface area (Å²) >= 11 is 1.22. The minimum absolute atomic E-state index is 0.122. The fourth-order valence-electron chi connectivity index (χ4n) is 2.31. The van der Waals surface area contributed by atoms with Gasteiger partial charge in [-0.2, -0.15) is 4.31 Å². The van der Waals surface area contributed by atoms with Crippen LogP contribution in [-0.2, 0) is 10.0 Å². The summed E-state index contributed by atoms with van der Waals surface area (Å²) in [4.78, 5) is 2.02. The molecule has 118 valence electrons. The molecule has 9 heteroatoms. The van der Waals surface area contributed by atoms with Crippen molar-refractivity contribution < 1.29 is 13.6 Å². The van der Waals surface area contributed by atoms with Gasteiger partial charge in [-0.15, -0.1) is 11.3 Å². The summed E-state index contributed by atoms with van der Waals surface area (Å²) < 4.78 is 26.7. The number of piperazine rings is 1. The molecule has 0 atom stereocenters. The number of thiophene rings is 1. The number of hydrogen-bond acceptors (Lipinski definition) is 6. The Morgan fingerprint density at radius 2 is 2.00 bits per heavy atom. The van der Waals surface area contributed by atoms with Crippen LogP contribution in [0.3, 0.4) is 0 Å². The first-order valence-corrected chi connectivity index (χ1v) is 8.89. The molecule has 0 aromatic carbocycles. The Hall–Kier alpha value is -1.16. The van der Waals surface area contributed by atoms with Crippen LogP contribution in [0.15, 0.2) is 26.9 Å². The van der Waals surface area contributed by atoms with Crippen LogP contribution < -0.4 is 5.73 Å². The predicted octanol–water partition coefficient (Wildman–Crippen LogP) is 0.579. The molecule has 2 heterocycles. The molecule has 1 saturated heterocycles. The monoisotopic (exact) mass is 332 g/mol. The molecule has 0 saturated carbocycles. The maximum Gasteiger partial charge on any atom is 0.252 e. The Morgan fingerprint density at radius 1 is 1.38 bits per heavy atom. The molecule has 7 nitrogen and oxygen atoms in total. The van der Waals surface area contributed by atoms with Gasteiger partial charge < -0.3 is 10.9 Å². The standard InChI is InChI=1S/C12H20N4O3S2/c1-12(2,11(13)14-17)15-5-7-16(8-6-15)21(18,19)10-4-3-9-20-10/h3-4,9,17H,5-8H2,1-2H3,(H2,13,14). The number of nitrogens with zero attached hydrogens (tertiary/aromatic N) is 3. The average Bonchev–Trinajstić information content (AvgIpc) is 3.01. The van der Waals surface area contributed by atoms with Gasteiger partial charge in [0.15, 0.2) is 5.84 Å². The van der Waals surface area contributed by atoms with Crippen LogP contribution >= 0.6 is 11.3 Å². The second-order valence-corrected chi connectivity index (χ2v) is 8.48. The third kappa shape index (κ3) is 3.05. The minimum Gasteiger partial charge on any atom is -0.409 e. The summed E-state index contributed by atoms with van der Waals surface area (Å²) in [6.45, 7) is 5.56. The summed E-state index contributed by atoms with van der Waals surface area (Å²) in [5.74, 6) is 0.122. The lowest BCUT2D eigenvalue weighted by Crippen LogP contribution is -2.60. The van der Waals surface area contributed by atoms with Crippen LogP contribution in [-0.4, -0.2) is 60.4 Å². The maximum atomic E-state index is 12.4.